The van der Waals surface area contributed by atoms with Crippen LogP contribution in [0.3, 0.4) is 0 Å². The molecule has 0 unspecified atom stereocenters. The number of hydrogen-bond donors (Lipinski definition) is 0. The van der Waals surface area contributed by atoms with Crippen LogP contribution in [0.25, 0.3) is 39.4 Å². The molecule has 1 aliphatic heterocycles. The Morgan fingerprint density at radius 2 is 1.46 bits per heavy atom. The standard InChI is InChI=1S/C34H33N2O.C19H26NSi.Ir/c1-21(2)23-13-11-14-24(22(3)4)31(23)36-29-19-9-8-18-28(29)35-33(36)25-15-12-17-27-32(25)37-30-20-10-7-16-26(30)34(27,5)6;1-19(2,3)13-16-12-17(15-10-8-7-9-11-15)20-14-18(16)21(4,5)6;/h7-14,16-22H,1-6H3;7-10,12,14H,13H2,1-6H3;/q2*-1;/i;13D2;. The van der Waals surface area contributed by atoms with Gasteiger partial charge in [0.2, 0.25) is 0 Å². The Hall–Kier alpha value is -4.61. The average molecular weight is 976 g/mol. The van der Waals surface area contributed by atoms with Crippen molar-refractivity contribution in [3.05, 3.63) is 155 Å². The van der Waals surface area contributed by atoms with Crippen LogP contribution in [0.4, 0.5) is 0 Å². The number of rotatable bonds is 7. The number of pyridine rings is 1. The number of ether oxygens (including phenoxy) is 1. The van der Waals surface area contributed by atoms with Crippen LogP contribution in [0.5, 0.6) is 11.5 Å². The Kier molecular flexibility index (Phi) is 12.0. The van der Waals surface area contributed by atoms with E-state index in [1.54, 1.807) is 0 Å². The first-order valence-corrected chi connectivity index (χ1v) is 24.1. The zero-order valence-electron chi connectivity index (χ0n) is 38.7. The van der Waals surface area contributed by atoms with E-state index in [1.165, 1.54) is 22.4 Å². The molecule has 1 radical (unpaired) electrons. The van der Waals surface area contributed by atoms with Crippen molar-refractivity contribution in [2.75, 3.05) is 0 Å². The van der Waals surface area contributed by atoms with E-state index in [-0.39, 0.29) is 25.5 Å². The van der Waals surface area contributed by atoms with E-state index < -0.39 is 19.9 Å². The third-order valence-corrected chi connectivity index (χ3v) is 13.0. The molecule has 0 saturated heterocycles. The molecule has 7 aromatic rings. The second-order valence-electron chi connectivity index (χ2n) is 18.7. The van der Waals surface area contributed by atoms with Crippen molar-refractivity contribution < 1.29 is 27.6 Å². The van der Waals surface area contributed by atoms with Crippen LogP contribution in [0.2, 0.25) is 19.6 Å². The van der Waals surface area contributed by atoms with Crippen molar-refractivity contribution in [2.24, 2.45) is 5.41 Å². The number of para-hydroxylation sites is 4. The number of fused-ring (bicyclic) bond motifs is 3. The molecule has 5 aromatic carbocycles. The smallest absolute Gasteiger partial charge is 0.118 e. The van der Waals surface area contributed by atoms with E-state index in [1.807, 2.05) is 69.4 Å². The molecule has 0 atom stereocenters. The Labute approximate surface area is 370 Å². The first-order valence-electron chi connectivity index (χ1n) is 21.6. The first-order chi connectivity index (χ1) is 28.2. The first kappa shape index (κ1) is 41.1. The Morgan fingerprint density at radius 3 is 2.10 bits per heavy atom. The van der Waals surface area contributed by atoms with E-state index >= 15 is 0 Å². The van der Waals surface area contributed by atoms with Crippen LogP contribution in [0.15, 0.2) is 115 Å². The number of imidazole rings is 1. The molecule has 0 fully saturated rings. The van der Waals surface area contributed by atoms with Gasteiger partial charge in [-0.05, 0) is 63.8 Å². The van der Waals surface area contributed by atoms with Gasteiger partial charge in [-0.3, -0.25) is 4.98 Å². The summed E-state index contributed by atoms with van der Waals surface area (Å²) in [6, 6.07) is 44.0. The van der Waals surface area contributed by atoms with E-state index in [9.17, 15) is 0 Å². The molecule has 0 saturated carbocycles. The maximum Gasteiger partial charge on any atom is 0.118 e. The van der Waals surface area contributed by atoms with Crippen molar-refractivity contribution in [1.82, 2.24) is 14.5 Å². The van der Waals surface area contributed by atoms with Gasteiger partial charge in [-0.15, -0.1) is 54.1 Å². The summed E-state index contributed by atoms with van der Waals surface area (Å²) in [5, 5.41) is 1.09. The summed E-state index contributed by atoms with van der Waals surface area (Å²) < 4.78 is 26.5. The minimum absolute atomic E-state index is 0. The normalized spacial score (nSPS) is 14.0. The average Bonchev–Trinajstić information content (AvgIpc) is 3.59. The largest absolute Gasteiger partial charge is 0.501 e. The summed E-state index contributed by atoms with van der Waals surface area (Å²) in [4.78, 5) is 9.83. The second-order valence-corrected chi connectivity index (χ2v) is 23.7. The minimum Gasteiger partial charge on any atom is -0.501 e. The van der Waals surface area contributed by atoms with Gasteiger partial charge in [-0.2, -0.15) is 0 Å². The number of hydrogen-bond acceptors (Lipinski definition) is 3. The zero-order valence-corrected chi connectivity index (χ0v) is 40.1. The summed E-state index contributed by atoms with van der Waals surface area (Å²) in [5.41, 5.74) is 10.9. The Morgan fingerprint density at radius 1 is 0.797 bits per heavy atom. The maximum absolute atomic E-state index is 8.75. The summed E-state index contributed by atoms with van der Waals surface area (Å²) in [6.45, 7) is 26.2. The van der Waals surface area contributed by atoms with E-state index in [2.05, 4.69) is 150 Å². The molecule has 2 aromatic heterocycles. The molecule has 6 heteroatoms. The summed E-state index contributed by atoms with van der Waals surface area (Å²) in [7, 11) is -1.70. The van der Waals surface area contributed by atoms with Crippen LogP contribution in [0, 0.1) is 17.5 Å². The van der Waals surface area contributed by atoms with E-state index in [0.717, 1.165) is 61.5 Å². The molecule has 1 aliphatic rings. The fourth-order valence-electron chi connectivity index (χ4n) is 8.03. The molecule has 4 nitrogen and oxygen atoms in total. The molecule has 0 N–H and O–H groups in total. The Bertz CT molecular complexity index is 2650. The molecular weight excluding hydrogens is 915 g/mol. The van der Waals surface area contributed by atoms with Gasteiger partial charge in [0.1, 0.15) is 5.75 Å². The zero-order chi connectivity index (χ0) is 43.4. The van der Waals surface area contributed by atoms with Gasteiger partial charge in [0.05, 0.1) is 24.9 Å². The molecule has 0 spiro atoms. The molecule has 3 heterocycles. The summed E-state index contributed by atoms with van der Waals surface area (Å²) in [6.07, 6.45) is 0.469. The van der Waals surface area contributed by atoms with E-state index in [0.29, 0.717) is 11.8 Å². The van der Waals surface area contributed by atoms with Crippen LogP contribution < -0.4 is 9.92 Å². The maximum atomic E-state index is 8.75. The predicted molar refractivity (Wildman–Crippen MR) is 247 cm³/mol. The Balaban J connectivity index is 0.000000225. The van der Waals surface area contributed by atoms with Gasteiger partial charge in [0.25, 0.3) is 0 Å². The van der Waals surface area contributed by atoms with Crippen LogP contribution >= 0.6 is 0 Å². The monoisotopic (exact) mass is 976 g/mol. The van der Waals surface area contributed by atoms with Crippen molar-refractivity contribution in [1.29, 1.82) is 0 Å². The quantitative estimate of drug-likeness (QED) is 0.118. The van der Waals surface area contributed by atoms with Crippen molar-refractivity contribution >= 4 is 24.3 Å². The van der Waals surface area contributed by atoms with Crippen molar-refractivity contribution in [3.8, 4) is 39.8 Å². The minimum atomic E-state index is -1.70. The van der Waals surface area contributed by atoms with E-state index in [4.69, 9.17) is 12.5 Å². The van der Waals surface area contributed by atoms with Crippen LogP contribution in [-0.4, -0.2) is 22.6 Å². The van der Waals surface area contributed by atoms with Crippen molar-refractivity contribution in [3.63, 3.8) is 0 Å². The molecular formula is C53H59IrN3OSi-2. The van der Waals surface area contributed by atoms with Gasteiger partial charge in [-0.1, -0.05) is 153 Å². The molecule has 8 rings (SSSR count). The summed E-state index contributed by atoms with van der Waals surface area (Å²) in [5.74, 6) is 3.32. The number of aromatic nitrogens is 3. The van der Waals surface area contributed by atoms with Gasteiger partial charge in [0, 0.05) is 51.5 Å². The predicted octanol–water partition coefficient (Wildman–Crippen LogP) is 13.9. The van der Waals surface area contributed by atoms with Gasteiger partial charge >= 0.3 is 0 Å². The van der Waals surface area contributed by atoms with Crippen LogP contribution in [-0.2, 0) is 31.9 Å². The van der Waals surface area contributed by atoms with Gasteiger partial charge in [0.15, 0.2) is 0 Å². The number of benzene rings is 5. The fraction of sp³-hybridized carbons (Fsp3) is 0.321. The molecule has 0 bridgehead atoms. The fourth-order valence-corrected chi connectivity index (χ4v) is 9.42. The third-order valence-electron chi connectivity index (χ3n) is 11.0. The SMILES string of the molecule is CC(C)c1cccc(C(C)C)c1-n1c(-c2[c-]ccc3c2Oc2ccccc2C3(C)C)nc2ccccc21.[2H]C([2H])(c1cc(-c2[c-]cccc2)ncc1[Si](C)(C)C)C(C)(C)C.[Ir]. The van der Waals surface area contributed by atoms with Crippen LogP contribution in [0.1, 0.15) is 105 Å². The molecule has 307 valence electrons. The second kappa shape index (κ2) is 17.2. The van der Waals surface area contributed by atoms with Crippen molar-refractivity contribution in [2.45, 2.75) is 106 Å². The molecule has 59 heavy (non-hydrogen) atoms. The third kappa shape index (κ3) is 8.97. The molecule has 0 aliphatic carbocycles. The topological polar surface area (TPSA) is 39.9 Å². The molecule has 0 amide bonds. The number of nitrogens with zero attached hydrogens (tertiary/aromatic N) is 3. The summed E-state index contributed by atoms with van der Waals surface area (Å²) >= 11 is 0. The van der Waals surface area contributed by atoms with Gasteiger partial charge in [-0.25, -0.2) is 0 Å². The van der Waals surface area contributed by atoms with Gasteiger partial charge < -0.3 is 14.3 Å².